The van der Waals surface area contributed by atoms with Crippen LogP contribution in [0.3, 0.4) is 0 Å². The second-order valence-corrected chi connectivity index (χ2v) is 22.1. The first-order valence-corrected chi connectivity index (χ1v) is 29.5. The smallest absolute Gasteiger partial charge is 0.872 e. The average Bonchev–Trinajstić information content (AvgIpc) is 0.772. The Morgan fingerprint density at radius 1 is 0.323 bits per heavy atom. The predicted molar refractivity (Wildman–Crippen MR) is 355 cm³/mol. The maximum absolute atomic E-state index is 12.9. The number of nitrogens with one attached hydrogen (secondary N) is 8. The standard InChI is InChI=1S/2C23H16O6.2C10H26N6.2Cu.4H2O/c2*24-20-16(14-7-3-1-5-12(14)9-18(20)22(26)27)11-17-15-8-4-2-6-13(15)10-19(21(17)25)23(28)29;2*1-15-7-11-3-5-13-9-16(2)10-14-6-4-12-8-15;;;;;;/h2*1-10,24-25H,11H2,(H,26,27)(H,28,29);2*11-14H,3-10H2,1-2H3;;;4*1H2/q;;;;2*+2;;;;/p-4. The van der Waals surface area contributed by atoms with Crippen molar-refractivity contribution in [3.63, 3.8) is 0 Å². The summed E-state index contributed by atoms with van der Waals surface area (Å²) in [4.78, 5) is 55.1. The summed E-state index contributed by atoms with van der Waals surface area (Å²) in [6.45, 7) is 15.5. The van der Waals surface area contributed by atoms with Crippen molar-refractivity contribution < 1.29 is 116 Å². The molecule has 20 N–H and O–H groups in total. The van der Waals surface area contributed by atoms with Crippen molar-refractivity contribution in [2.24, 2.45) is 0 Å². The Bertz CT molecular complexity index is 3260. The molecular formula is C66H88Cu2N12O16. The molecule has 0 aliphatic carbocycles. The van der Waals surface area contributed by atoms with Gasteiger partial charge in [-0.15, -0.1) is 0 Å². The van der Waals surface area contributed by atoms with Crippen LogP contribution in [0.1, 0.15) is 63.7 Å². The zero-order chi connectivity index (χ0) is 64.7. The van der Waals surface area contributed by atoms with E-state index in [1.807, 2.05) is 0 Å². The SMILES string of the molecule is CN1CNCCNCN(C)CNCCNC1.CN1CNCCNCN(C)CNCCNC1.O.O.O.O.O=C(O)c1cc2ccccc2c(Cc2c([O-])c(C(=O)O)cc3ccccc23)c1[O-].O=C(O)c1cc2ccccc2c(Cc2c([O-])c(C(=O)O)cc3ccccc23)c1[O-].[Cu+2].[Cu+2]. The minimum Gasteiger partial charge on any atom is -0.872 e. The van der Waals surface area contributed by atoms with Crippen molar-refractivity contribution in [2.45, 2.75) is 12.8 Å². The van der Waals surface area contributed by atoms with Gasteiger partial charge in [0.2, 0.25) is 0 Å². The van der Waals surface area contributed by atoms with Gasteiger partial charge in [-0.1, -0.05) is 120 Å². The summed E-state index contributed by atoms with van der Waals surface area (Å²) in [5.41, 5.74) is -0.907. The van der Waals surface area contributed by atoms with Crippen LogP contribution < -0.4 is 63.0 Å². The number of fused-ring (bicyclic) bond motifs is 4. The van der Waals surface area contributed by atoms with Gasteiger partial charge in [-0.25, -0.2) is 19.2 Å². The van der Waals surface area contributed by atoms with Crippen LogP contribution in [0.2, 0.25) is 0 Å². The average molecular weight is 1430 g/mol. The number of nitrogens with zero attached hydrogens (tertiary/aromatic N) is 4. The monoisotopic (exact) mass is 1430 g/mol. The first-order valence-electron chi connectivity index (χ1n) is 29.5. The zero-order valence-corrected chi connectivity index (χ0v) is 55.6. The summed E-state index contributed by atoms with van der Waals surface area (Å²) in [5.74, 6) is -8.13. The zero-order valence-electron chi connectivity index (χ0n) is 53.7. The van der Waals surface area contributed by atoms with Gasteiger partial charge in [0.1, 0.15) is 0 Å². The van der Waals surface area contributed by atoms with E-state index < -0.39 is 46.9 Å². The van der Waals surface area contributed by atoms with E-state index in [9.17, 15) is 60.0 Å². The van der Waals surface area contributed by atoms with Crippen LogP contribution in [0.5, 0.6) is 23.0 Å². The molecule has 30 heteroatoms. The minimum absolute atomic E-state index is 0. The van der Waals surface area contributed by atoms with Crippen molar-refractivity contribution in [1.29, 1.82) is 0 Å². The molecule has 0 atom stereocenters. The Morgan fingerprint density at radius 3 is 0.635 bits per heavy atom. The maximum atomic E-state index is 12.9. The maximum Gasteiger partial charge on any atom is 2.00 e. The van der Waals surface area contributed by atoms with Crippen LogP contribution in [0.4, 0.5) is 0 Å². The summed E-state index contributed by atoms with van der Waals surface area (Å²) in [6.07, 6.45) is -0.331. The van der Waals surface area contributed by atoms with Crippen molar-refractivity contribution in [2.75, 3.05) is 134 Å². The molecule has 0 unspecified atom stereocenters. The molecular weight excluding hydrogens is 1340 g/mol. The van der Waals surface area contributed by atoms with Crippen LogP contribution in [0.15, 0.2) is 121 Å². The first-order chi connectivity index (χ1) is 43.3. The predicted octanol–water partition coefficient (Wildman–Crippen LogP) is -0.945. The molecule has 530 valence electrons. The van der Waals surface area contributed by atoms with Crippen molar-refractivity contribution >= 4 is 67.0 Å². The largest absolute Gasteiger partial charge is 2.00 e. The van der Waals surface area contributed by atoms with Crippen LogP contribution >= 0.6 is 0 Å². The Hall–Kier alpha value is -7.72. The van der Waals surface area contributed by atoms with Gasteiger partial charge >= 0.3 is 58.0 Å². The molecule has 0 bridgehead atoms. The molecule has 0 saturated carbocycles. The van der Waals surface area contributed by atoms with Gasteiger partial charge in [0, 0.05) is 106 Å². The molecule has 2 fully saturated rings. The summed E-state index contributed by atoms with van der Waals surface area (Å²) < 4.78 is 0. The van der Waals surface area contributed by atoms with E-state index in [4.69, 9.17) is 0 Å². The second-order valence-electron chi connectivity index (χ2n) is 22.1. The number of hydrogen-bond donors (Lipinski definition) is 12. The second kappa shape index (κ2) is 43.5. The molecule has 2 aliphatic heterocycles. The number of rotatable bonds is 8. The number of benzene rings is 8. The fourth-order valence-electron chi connectivity index (χ4n) is 10.4. The number of carboxylic acid groups (broad SMARTS) is 4. The van der Waals surface area contributed by atoms with Crippen molar-refractivity contribution in [3.05, 3.63) is 166 Å². The minimum atomic E-state index is -1.35. The van der Waals surface area contributed by atoms with Gasteiger partial charge in [0.25, 0.3) is 0 Å². The first kappa shape index (κ1) is 86.3. The van der Waals surface area contributed by atoms with Gasteiger partial charge in [0.15, 0.2) is 0 Å². The summed E-state index contributed by atoms with van der Waals surface area (Å²) in [7, 11) is 8.45. The van der Waals surface area contributed by atoms with E-state index in [0.29, 0.717) is 43.1 Å². The molecule has 96 heavy (non-hydrogen) atoms. The fraction of sp³-hybridized carbons (Fsp3) is 0.333. The molecule has 28 nitrogen and oxygen atoms in total. The number of carbonyl (C=O) groups is 4. The summed E-state index contributed by atoms with van der Waals surface area (Å²) >= 11 is 0. The van der Waals surface area contributed by atoms with Gasteiger partial charge in [-0.2, -0.15) is 0 Å². The summed E-state index contributed by atoms with van der Waals surface area (Å²) in [6, 6.07) is 32.5. The Labute approximate surface area is 577 Å². The number of hydrogen-bond acceptors (Lipinski definition) is 20. The molecule has 10 rings (SSSR count). The quantitative estimate of drug-likeness (QED) is 0.0817. The van der Waals surface area contributed by atoms with Gasteiger partial charge in [0.05, 0.1) is 22.3 Å². The van der Waals surface area contributed by atoms with Gasteiger partial charge in [-0.3, -0.25) is 19.6 Å². The van der Waals surface area contributed by atoms with Crippen LogP contribution in [0, 0.1) is 0 Å². The van der Waals surface area contributed by atoms with Crippen LogP contribution in [0.25, 0.3) is 43.1 Å². The molecule has 0 spiro atoms. The van der Waals surface area contributed by atoms with Crippen LogP contribution in [-0.2, 0) is 47.0 Å². The van der Waals surface area contributed by atoms with Crippen LogP contribution in [-0.4, -0.2) is 220 Å². The molecule has 8 aromatic carbocycles. The van der Waals surface area contributed by atoms with Gasteiger partial charge in [-0.05, 0) is 131 Å². The Kier molecular flexibility index (Phi) is 39.1. The van der Waals surface area contributed by atoms with E-state index >= 15 is 0 Å². The summed E-state index contributed by atoms with van der Waals surface area (Å²) in [5, 5.41) is 121. The fourth-order valence-corrected chi connectivity index (χ4v) is 10.4. The van der Waals surface area contributed by atoms with Crippen molar-refractivity contribution in [1.82, 2.24) is 62.1 Å². The molecule has 8 aromatic rings. The molecule has 2 heterocycles. The van der Waals surface area contributed by atoms with E-state index in [-0.39, 0.29) is 113 Å². The Balaban J connectivity index is 0.000000651. The van der Waals surface area contributed by atoms with E-state index in [1.165, 1.54) is 24.3 Å². The van der Waals surface area contributed by atoms with E-state index in [0.717, 1.165) is 106 Å². The molecule has 2 aliphatic rings. The number of aromatic carboxylic acids is 4. The molecule has 0 amide bonds. The third-order valence-corrected chi connectivity index (χ3v) is 15.0. The number of carboxylic acids is 4. The third-order valence-electron chi connectivity index (χ3n) is 15.0. The third kappa shape index (κ3) is 24.4. The van der Waals surface area contributed by atoms with Crippen molar-refractivity contribution in [3.8, 4) is 23.0 Å². The van der Waals surface area contributed by atoms with E-state index in [1.54, 1.807) is 97.1 Å². The molecule has 2 saturated heterocycles. The van der Waals surface area contributed by atoms with Gasteiger partial charge < -0.3 is 105 Å². The molecule has 0 aromatic heterocycles. The Morgan fingerprint density at radius 2 is 0.479 bits per heavy atom. The topological polar surface area (TPSA) is 477 Å². The normalized spacial score (nSPS) is 15.0. The molecule has 2 radical (unpaired) electrons. The van der Waals surface area contributed by atoms with E-state index in [2.05, 4.69) is 90.3 Å².